The highest BCUT2D eigenvalue weighted by Gasteiger charge is 2.30. The van der Waals surface area contributed by atoms with Crippen molar-refractivity contribution in [2.24, 2.45) is 0 Å². The maximum atomic E-state index is 12.8. The van der Waals surface area contributed by atoms with Crippen LogP contribution in [0.15, 0.2) is 42.5 Å². The molecule has 2 N–H and O–H groups in total. The molecule has 154 valence electrons. The fourth-order valence-electron chi connectivity index (χ4n) is 3.23. The van der Waals surface area contributed by atoms with E-state index in [1.165, 1.54) is 18.2 Å². The topological polar surface area (TPSA) is 92.7 Å². The van der Waals surface area contributed by atoms with E-state index in [0.717, 1.165) is 18.2 Å². The molecule has 0 saturated carbocycles. The summed E-state index contributed by atoms with van der Waals surface area (Å²) in [6.07, 6.45) is -4.39. The highest BCUT2D eigenvalue weighted by molar-refractivity contribution is 5.95. The summed E-state index contributed by atoms with van der Waals surface area (Å²) in [6, 6.07) is 9.12. The summed E-state index contributed by atoms with van der Waals surface area (Å²) >= 11 is 0. The number of nitro groups is 1. The van der Waals surface area contributed by atoms with Gasteiger partial charge in [-0.3, -0.25) is 19.8 Å². The Morgan fingerprint density at radius 1 is 1.10 bits per heavy atom. The van der Waals surface area contributed by atoms with Gasteiger partial charge in [-0.1, -0.05) is 18.2 Å². The van der Waals surface area contributed by atoms with Crippen LogP contribution in [0, 0.1) is 10.1 Å². The van der Waals surface area contributed by atoms with Crippen LogP contribution in [0.4, 0.5) is 24.5 Å². The second kappa shape index (κ2) is 8.08. The summed E-state index contributed by atoms with van der Waals surface area (Å²) in [4.78, 5) is 26.5. The molecule has 0 bridgehead atoms. The zero-order chi connectivity index (χ0) is 21.2. The second-order valence-corrected chi connectivity index (χ2v) is 6.80. The molecule has 1 aliphatic heterocycles. The lowest BCUT2D eigenvalue weighted by atomic mass is 10.1. The monoisotopic (exact) mass is 408 g/mol. The zero-order valence-corrected chi connectivity index (χ0v) is 15.4. The molecule has 0 radical (unpaired) electrons. The number of halogens is 3. The number of anilines is 1. The Bertz CT molecular complexity index is 925. The van der Waals surface area contributed by atoms with Crippen LogP contribution in [0.3, 0.4) is 0 Å². The highest BCUT2D eigenvalue weighted by atomic mass is 19.4. The molecule has 1 aliphatic rings. The van der Waals surface area contributed by atoms with Crippen molar-refractivity contribution in [2.75, 3.05) is 31.9 Å². The quantitative estimate of drug-likeness (QED) is 0.477. The number of amides is 1. The standard InChI is InChI=1S/C19H19F3N4O3/c20-19(21,22)15-3-1-2-13(10-15)12-24-6-8-25(9-7-24)18(27)14-4-5-16(23)17(11-14)26(28)29/h1-5,10-11H,6-9,12,23H2. The SMILES string of the molecule is Nc1ccc(C(=O)N2CCN(Cc3cccc(C(F)(F)F)c3)CC2)cc1[N+](=O)[O-]. The Labute approximate surface area is 164 Å². The molecule has 1 fully saturated rings. The normalized spacial score (nSPS) is 15.3. The van der Waals surface area contributed by atoms with Gasteiger partial charge in [-0.25, -0.2) is 0 Å². The number of nitrogens with two attached hydrogens (primary N) is 1. The number of rotatable bonds is 4. The van der Waals surface area contributed by atoms with E-state index in [1.54, 1.807) is 11.0 Å². The van der Waals surface area contributed by atoms with Crippen LogP contribution < -0.4 is 5.73 Å². The van der Waals surface area contributed by atoms with Gasteiger partial charge in [0.15, 0.2) is 0 Å². The van der Waals surface area contributed by atoms with E-state index in [-0.39, 0.29) is 22.8 Å². The number of alkyl halides is 3. The van der Waals surface area contributed by atoms with Crippen molar-refractivity contribution in [2.45, 2.75) is 12.7 Å². The van der Waals surface area contributed by atoms with E-state index in [2.05, 4.69) is 0 Å². The minimum atomic E-state index is -4.39. The van der Waals surface area contributed by atoms with Gasteiger partial charge in [-0.15, -0.1) is 0 Å². The summed E-state index contributed by atoms with van der Waals surface area (Å²) in [5.41, 5.74) is 5.26. The summed E-state index contributed by atoms with van der Waals surface area (Å²) in [7, 11) is 0. The van der Waals surface area contributed by atoms with E-state index in [9.17, 15) is 28.1 Å². The van der Waals surface area contributed by atoms with Gasteiger partial charge >= 0.3 is 6.18 Å². The molecule has 0 aromatic heterocycles. The van der Waals surface area contributed by atoms with Gasteiger partial charge in [0.2, 0.25) is 0 Å². The number of nitrogens with zero attached hydrogens (tertiary/aromatic N) is 3. The van der Waals surface area contributed by atoms with Crippen LogP contribution in [0.1, 0.15) is 21.5 Å². The van der Waals surface area contributed by atoms with Crippen LogP contribution in [-0.2, 0) is 12.7 Å². The number of nitrogen functional groups attached to an aromatic ring is 1. The Morgan fingerprint density at radius 2 is 1.79 bits per heavy atom. The van der Waals surface area contributed by atoms with Crippen LogP contribution in [0.2, 0.25) is 0 Å². The minimum absolute atomic E-state index is 0.0162. The van der Waals surface area contributed by atoms with Crippen LogP contribution in [0.5, 0.6) is 0 Å². The van der Waals surface area contributed by atoms with E-state index in [4.69, 9.17) is 5.73 Å². The number of hydrogen-bond acceptors (Lipinski definition) is 5. The first kappa shape index (κ1) is 20.6. The third-order valence-corrected chi connectivity index (χ3v) is 4.79. The van der Waals surface area contributed by atoms with E-state index < -0.39 is 16.7 Å². The number of carbonyl (C=O) groups is 1. The largest absolute Gasteiger partial charge is 0.416 e. The van der Waals surface area contributed by atoms with Crippen molar-refractivity contribution >= 4 is 17.3 Å². The molecular formula is C19H19F3N4O3. The van der Waals surface area contributed by atoms with E-state index in [0.29, 0.717) is 38.3 Å². The molecule has 0 atom stereocenters. The Balaban J connectivity index is 1.62. The Hall–Kier alpha value is -3.14. The van der Waals surface area contributed by atoms with Crippen molar-refractivity contribution < 1.29 is 22.9 Å². The van der Waals surface area contributed by atoms with Gasteiger partial charge in [0.05, 0.1) is 10.5 Å². The van der Waals surface area contributed by atoms with Crippen molar-refractivity contribution in [1.82, 2.24) is 9.80 Å². The van der Waals surface area contributed by atoms with Crippen molar-refractivity contribution in [3.63, 3.8) is 0 Å². The average Bonchev–Trinajstić information content (AvgIpc) is 2.68. The van der Waals surface area contributed by atoms with Gasteiger partial charge < -0.3 is 10.6 Å². The second-order valence-electron chi connectivity index (χ2n) is 6.80. The zero-order valence-electron chi connectivity index (χ0n) is 15.4. The van der Waals surface area contributed by atoms with Crippen molar-refractivity contribution in [3.8, 4) is 0 Å². The van der Waals surface area contributed by atoms with Gasteiger partial charge in [0, 0.05) is 44.4 Å². The van der Waals surface area contributed by atoms with Crippen LogP contribution in [0.25, 0.3) is 0 Å². The maximum absolute atomic E-state index is 12.8. The Kier molecular flexibility index (Phi) is 5.73. The van der Waals surface area contributed by atoms with Gasteiger partial charge in [0.1, 0.15) is 5.69 Å². The lowest BCUT2D eigenvalue weighted by Gasteiger charge is -2.34. The number of carbonyl (C=O) groups excluding carboxylic acids is 1. The maximum Gasteiger partial charge on any atom is 0.416 e. The minimum Gasteiger partial charge on any atom is -0.393 e. The van der Waals surface area contributed by atoms with E-state index in [1.807, 2.05) is 4.90 Å². The van der Waals surface area contributed by atoms with Crippen LogP contribution in [-0.4, -0.2) is 46.8 Å². The van der Waals surface area contributed by atoms with Gasteiger partial charge in [0.25, 0.3) is 11.6 Å². The molecule has 3 rings (SSSR count). The molecule has 0 unspecified atom stereocenters. The third kappa shape index (κ3) is 4.83. The summed E-state index contributed by atoms with van der Waals surface area (Å²) < 4.78 is 38.5. The number of benzene rings is 2. The number of piperazine rings is 1. The molecule has 10 heteroatoms. The first-order chi connectivity index (χ1) is 13.6. The predicted octanol–water partition coefficient (Wildman–Crippen LogP) is 3.15. The van der Waals surface area contributed by atoms with Gasteiger partial charge in [-0.2, -0.15) is 13.2 Å². The molecule has 0 spiro atoms. The lowest BCUT2D eigenvalue weighted by Crippen LogP contribution is -2.48. The molecule has 1 heterocycles. The summed E-state index contributed by atoms with van der Waals surface area (Å²) in [5.74, 6) is -0.341. The molecule has 2 aromatic carbocycles. The lowest BCUT2D eigenvalue weighted by molar-refractivity contribution is -0.383. The molecule has 0 aliphatic carbocycles. The van der Waals surface area contributed by atoms with Crippen LogP contribution >= 0.6 is 0 Å². The Morgan fingerprint density at radius 3 is 2.41 bits per heavy atom. The molecule has 29 heavy (non-hydrogen) atoms. The smallest absolute Gasteiger partial charge is 0.393 e. The molecule has 1 saturated heterocycles. The first-order valence-electron chi connectivity index (χ1n) is 8.87. The first-order valence-corrected chi connectivity index (χ1v) is 8.87. The fraction of sp³-hybridized carbons (Fsp3) is 0.316. The van der Waals surface area contributed by atoms with Crippen molar-refractivity contribution in [1.29, 1.82) is 0 Å². The predicted molar refractivity (Wildman–Crippen MR) is 100 cm³/mol. The average molecular weight is 408 g/mol. The van der Waals surface area contributed by atoms with Crippen molar-refractivity contribution in [3.05, 3.63) is 69.3 Å². The molecule has 2 aromatic rings. The highest BCUT2D eigenvalue weighted by Crippen LogP contribution is 2.30. The summed E-state index contributed by atoms with van der Waals surface area (Å²) in [5, 5.41) is 11.0. The molecular weight excluding hydrogens is 389 g/mol. The molecule has 1 amide bonds. The third-order valence-electron chi connectivity index (χ3n) is 4.79. The van der Waals surface area contributed by atoms with Gasteiger partial charge in [-0.05, 0) is 23.8 Å². The number of hydrogen-bond donors (Lipinski definition) is 1. The fourth-order valence-corrected chi connectivity index (χ4v) is 3.23. The number of nitro benzene ring substituents is 1. The summed E-state index contributed by atoms with van der Waals surface area (Å²) in [6.45, 7) is 2.06. The van der Waals surface area contributed by atoms with E-state index >= 15 is 0 Å². The molecule has 7 nitrogen and oxygen atoms in total.